The fourth-order valence-corrected chi connectivity index (χ4v) is 4.15. The van der Waals surface area contributed by atoms with Crippen molar-refractivity contribution in [1.29, 1.82) is 0 Å². The summed E-state index contributed by atoms with van der Waals surface area (Å²) in [5.41, 5.74) is 4.48. The fourth-order valence-electron chi connectivity index (χ4n) is 3.99. The molecule has 0 fully saturated rings. The lowest BCUT2D eigenvalue weighted by atomic mass is 10.00. The Balaban J connectivity index is 1.36. The van der Waals surface area contributed by atoms with E-state index in [9.17, 15) is 0 Å². The molecule has 6 aromatic rings. The van der Waals surface area contributed by atoms with E-state index >= 15 is 0 Å². The highest BCUT2D eigenvalue weighted by Crippen LogP contribution is 2.29. The lowest BCUT2D eigenvalue weighted by Gasteiger charge is -2.08. The Hall–Kier alpha value is -4.34. The van der Waals surface area contributed by atoms with E-state index in [-0.39, 0.29) is 35.0 Å². The van der Waals surface area contributed by atoms with E-state index in [4.69, 9.17) is 18.5 Å². The number of hydrogen-bond donors (Lipinski definition) is 0. The summed E-state index contributed by atoms with van der Waals surface area (Å²) in [5.74, 6) is 0.893. The van der Waals surface area contributed by atoms with E-state index in [0.29, 0.717) is 17.2 Å². The molecule has 35 heavy (non-hydrogen) atoms. The van der Waals surface area contributed by atoms with Gasteiger partial charge in [0.15, 0.2) is 11.6 Å². The molecule has 1 aromatic heterocycles. The van der Waals surface area contributed by atoms with E-state index < -0.39 is 6.04 Å². The van der Waals surface area contributed by atoms with Gasteiger partial charge in [0.1, 0.15) is 0 Å². The first-order valence-corrected chi connectivity index (χ1v) is 11.4. The average molecular weight is 475 g/mol. The summed E-state index contributed by atoms with van der Waals surface area (Å²) in [5, 5.41) is 1.80. The molecule has 0 saturated carbocycles. The zero-order valence-electron chi connectivity index (χ0n) is 23.4. The maximum atomic E-state index is 8.29. The van der Waals surface area contributed by atoms with Gasteiger partial charge in [0.05, 0.1) is 6.85 Å². The molecular weight excluding hydrogens is 450 g/mol. The molecule has 166 valence electrons. The van der Waals surface area contributed by atoms with E-state index in [1.807, 2.05) is 72.8 Å². The molecule has 0 spiro atoms. The highest BCUT2D eigenvalue weighted by molar-refractivity contribution is 6.28. The van der Waals surface area contributed by atoms with Gasteiger partial charge < -0.3 is 0 Å². The van der Waals surface area contributed by atoms with Crippen molar-refractivity contribution in [1.82, 2.24) is 15.0 Å². The second-order valence-corrected chi connectivity index (χ2v) is 8.31. The van der Waals surface area contributed by atoms with Gasteiger partial charge in [0.2, 0.25) is 5.28 Å². The maximum absolute atomic E-state index is 8.29. The van der Waals surface area contributed by atoms with Gasteiger partial charge in [-0.05, 0) is 56.8 Å². The molecule has 0 saturated heterocycles. The molecule has 0 atom stereocenters. The normalized spacial score (nSPS) is 13.0. The van der Waals surface area contributed by atoms with Crippen molar-refractivity contribution in [2.45, 2.75) is 0 Å². The van der Waals surface area contributed by atoms with Crippen molar-refractivity contribution in [2.24, 2.45) is 0 Å². The van der Waals surface area contributed by atoms with Gasteiger partial charge in [-0.1, -0.05) is 109 Å². The lowest BCUT2D eigenvalue weighted by molar-refractivity contribution is 1.07. The highest BCUT2D eigenvalue weighted by atomic mass is 35.5. The Morgan fingerprint density at radius 1 is 0.486 bits per heavy atom. The molecule has 4 heteroatoms. The average Bonchev–Trinajstić information content (AvgIpc) is 2.99. The minimum atomic E-state index is -0.410. The Bertz CT molecular complexity index is 1880. The molecule has 0 aliphatic carbocycles. The Morgan fingerprint density at radius 2 is 1.03 bits per heavy atom. The van der Waals surface area contributed by atoms with Gasteiger partial charge in [0, 0.05) is 11.1 Å². The first-order valence-electron chi connectivity index (χ1n) is 13.5. The van der Waals surface area contributed by atoms with Crippen molar-refractivity contribution in [2.75, 3.05) is 0 Å². The Kier molecular flexibility index (Phi) is 4.26. The molecule has 0 unspecified atom stereocenters. The van der Waals surface area contributed by atoms with Gasteiger partial charge in [-0.15, -0.1) is 0 Å². The van der Waals surface area contributed by atoms with Crippen molar-refractivity contribution in [3.63, 3.8) is 0 Å². The smallest absolute Gasteiger partial charge is 0.208 e. The van der Waals surface area contributed by atoms with E-state index in [1.54, 1.807) is 6.07 Å². The molecule has 0 radical (unpaired) electrons. The minimum absolute atomic E-state index is 0.0868. The van der Waals surface area contributed by atoms with Crippen molar-refractivity contribution < 1.29 is 6.85 Å². The van der Waals surface area contributed by atoms with Gasteiger partial charge in [-0.25, -0.2) is 4.98 Å². The number of aromatic nitrogens is 3. The van der Waals surface area contributed by atoms with Crippen LogP contribution in [0.2, 0.25) is 5.28 Å². The predicted molar refractivity (Wildman–Crippen MR) is 144 cm³/mol. The largest absolute Gasteiger partial charge is 0.226 e. The molecule has 0 N–H and O–H groups in total. The van der Waals surface area contributed by atoms with Gasteiger partial charge in [-0.3, -0.25) is 0 Å². The van der Waals surface area contributed by atoms with E-state index in [2.05, 4.69) is 27.1 Å². The molecule has 6 rings (SSSR count). The van der Waals surface area contributed by atoms with Crippen LogP contribution in [0, 0.1) is 0 Å². The van der Waals surface area contributed by atoms with Crippen LogP contribution in [-0.2, 0) is 0 Å². The summed E-state index contributed by atoms with van der Waals surface area (Å²) in [6, 6.07) is 27.5. The quantitative estimate of drug-likeness (QED) is 0.257. The number of nitrogens with zero attached hydrogens (tertiary/aromatic N) is 3. The summed E-state index contributed by atoms with van der Waals surface area (Å²) in [6.45, 7) is 0. The zero-order valence-corrected chi connectivity index (χ0v) is 19.1. The third kappa shape index (κ3) is 4.42. The summed E-state index contributed by atoms with van der Waals surface area (Å²) in [4.78, 5) is 13.4. The van der Waals surface area contributed by atoms with Crippen molar-refractivity contribution in [3.05, 3.63) is 126 Å². The second kappa shape index (κ2) is 9.13. The molecule has 5 aromatic carbocycles. The van der Waals surface area contributed by atoms with Crippen LogP contribution < -0.4 is 0 Å². The number of benzene rings is 5. The molecule has 3 nitrogen and oxygen atoms in total. The lowest BCUT2D eigenvalue weighted by Crippen LogP contribution is -1.97. The van der Waals surface area contributed by atoms with Crippen LogP contribution in [0.4, 0.5) is 0 Å². The van der Waals surface area contributed by atoms with Gasteiger partial charge >= 0.3 is 0 Å². The SMILES string of the molecule is [2H]c1c([2H])c([2H])c(-c2ccc3cc(-c4nc(Cl)nc(-c5ccc(-c6ccccc6)cc5)n4)ccc3c2)c([2H])c1[2H]. The Labute approximate surface area is 215 Å². The number of fused-ring (bicyclic) bond motifs is 1. The van der Waals surface area contributed by atoms with Crippen LogP contribution >= 0.6 is 11.6 Å². The standard InChI is InChI=1S/C31H20ClN3/c32-31-34-29(24-13-11-23(12-14-24)21-7-3-1-4-8-21)33-30(35-31)28-18-17-26-19-25(15-16-27(26)20-28)22-9-5-2-6-10-22/h1-20H/i2D,5D,6D,9D,10D. The minimum Gasteiger partial charge on any atom is -0.208 e. The van der Waals surface area contributed by atoms with Crippen LogP contribution in [0.3, 0.4) is 0 Å². The van der Waals surface area contributed by atoms with Crippen LogP contribution in [-0.4, -0.2) is 15.0 Å². The molecule has 0 amide bonds. The van der Waals surface area contributed by atoms with Crippen LogP contribution in [0.15, 0.2) is 121 Å². The third-order valence-corrected chi connectivity index (χ3v) is 5.91. The first-order chi connectivity index (χ1) is 19.3. The van der Waals surface area contributed by atoms with E-state index in [0.717, 1.165) is 33.0 Å². The van der Waals surface area contributed by atoms with E-state index in [1.165, 1.54) is 0 Å². The summed E-state index contributed by atoms with van der Waals surface area (Å²) in [7, 11) is 0. The summed E-state index contributed by atoms with van der Waals surface area (Å²) >= 11 is 6.31. The van der Waals surface area contributed by atoms with Crippen LogP contribution in [0.1, 0.15) is 6.85 Å². The second-order valence-electron chi connectivity index (χ2n) is 7.97. The first kappa shape index (κ1) is 16.3. The zero-order chi connectivity index (χ0) is 28.0. The molecular formula is C31H20ClN3. The number of halogens is 1. The van der Waals surface area contributed by atoms with Crippen LogP contribution in [0.5, 0.6) is 0 Å². The van der Waals surface area contributed by atoms with Gasteiger partial charge in [-0.2, -0.15) is 9.97 Å². The number of hydrogen-bond acceptors (Lipinski definition) is 3. The van der Waals surface area contributed by atoms with Gasteiger partial charge in [0.25, 0.3) is 0 Å². The molecule has 0 aliphatic heterocycles. The Morgan fingerprint density at radius 3 is 1.74 bits per heavy atom. The summed E-state index contributed by atoms with van der Waals surface area (Å²) < 4.78 is 40.4. The summed E-state index contributed by atoms with van der Waals surface area (Å²) in [6.07, 6.45) is 0. The number of rotatable bonds is 4. The predicted octanol–water partition coefficient (Wildman–Crippen LogP) is 8.35. The highest BCUT2D eigenvalue weighted by Gasteiger charge is 2.11. The maximum Gasteiger partial charge on any atom is 0.226 e. The fraction of sp³-hybridized carbons (Fsp3) is 0. The third-order valence-electron chi connectivity index (χ3n) is 5.75. The topological polar surface area (TPSA) is 38.7 Å². The molecule has 0 bridgehead atoms. The van der Waals surface area contributed by atoms with Crippen molar-refractivity contribution >= 4 is 22.4 Å². The molecule has 1 heterocycles. The van der Waals surface area contributed by atoms with Crippen LogP contribution in [0.25, 0.3) is 55.8 Å². The monoisotopic (exact) mass is 474 g/mol. The molecule has 0 aliphatic rings. The van der Waals surface area contributed by atoms with Crippen molar-refractivity contribution in [3.8, 4) is 45.0 Å².